The molecule has 166 valence electrons. The second-order valence-electron chi connectivity index (χ2n) is 10.5. The highest BCUT2D eigenvalue weighted by atomic mass is 16.5. The SMILES string of the molecule is C/C(=C\COC(=O)C[N+](C)(C)C)CCC[C@H](C)CCC[C@H](C)CCCC(C)C. The summed E-state index contributed by atoms with van der Waals surface area (Å²) in [5.41, 5.74) is 1.34. The molecule has 28 heavy (non-hydrogen) atoms. The predicted molar refractivity (Wildman–Crippen MR) is 122 cm³/mol. The molecule has 0 fully saturated rings. The van der Waals surface area contributed by atoms with Gasteiger partial charge in [0.2, 0.25) is 0 Å². The van der Waals surface area contributed by atoms with Crippen molar-refractivity contribution in [3.05, 3.63) is 11.6 Å². The fraction of sp³-hybridized carbons (Fsp3) is 0.880. The monoisotopic (exact) mass is 396 g/mol. The van der Waals surface area contributed by atoms with Crippen molar-refractivity contribution in [3.8, 4) is 0 Å². The summed E-state index contributed by atoms with van der Waals surface area (Å²) in [4.78, 5) is 11.7. The van der Waals surface area contributed by atoms with Gasteiger partial charge in [0.1, 0.15) is 6.61 Å². The van der Waals surface area contributed by atoms with Crippen LogP contribution in [0.2, 0.25) is 0 Å². The van der Waals surface area contributed by atoms with Crippen LogP contribution in [-0.4, -0.2) is 44.7 Å². The zero-order valence-electron chi connectivity index (χ0n) is 20.4. The van der Waals surface area contributed by atoms with Gasteiger partial charge in [-0.1, -0.05) is 78.2 Å². The molecule has 3 nitrogen and oxygen atoms in total. The molecule has 2 atom stereocenters. The first kappa shape index (κ1) is 27.2. The molecule has 0 spiro atoms. The predicted octanol–water partition coefficient (Wildman–Crippen LogP) is 6.62. The summed E-state index contributed by atoms with van der Waals surface area (Å²) < 4.78 is 5.91. The van der Waals surface area contributed by atoms with Gasteiger partial charge >= 0.3 is 5.97 Å². The number of rotatable bonds is 16. The topological polar surface area (TPSA) is 26.3 Å². The molecular formula is C25H50NO2+. The van der Waals surface area contributed by atoms with Crippen molar-refractivity contribution >= 4 is 5.97 Å². The third-order valence-corrected chi connectivity index (χ3v) is 5.42. The second kappa shape index (κ2) is 15.1. The van der Waals surface area contributed by atoms with Gasteiger partial charge in [0, 0.05) is 0 Å². The van der Waals surface area contributed by atoms with E-state index in [0.717, 1.165) is 24.2 Å². The van der Waals surface area contributed by atoms with Gasteiger partial charge in [0.05, 0.1) is 21.1 Å². The van der Waals surface area contributed by atoms with Crippen LogP contribution >= 0.6 is 0 Å². The molecule has 0 rings (SSSR count). The number of carbonyl (C=O) groups is 1. The Morgan fingerprint density at radius 2 is 1.36 bits per heavy atom. The Morgan fingerprint density at radius 3 is 1.86 bits per heavy atom. The number of carbonyl (C=O) groups excluding carboxylic acids is 1. The molecule has 0 aliphatic carbocycles. The Balaban J connectivity index is 3.76. The number of ether oxygens (including phenoxy) is 1. The summed E-state index contributed by atoms with van der Waals surface area (Å²) in [5.74, 6) is 2.43. The molecule has 0 aliphatic rings. The highest BCUT2D eigenvalue weighted by molar-refractivity contribution is 5.70. The average Bonchev–Trinajstić information content (AvgIpc) is 2.52. The zero-order valence-corrected chi connectivity index (χ0v) is 20.4. The van der Waals surface area contributed by atoms with E-state index in [1.807, 2.05) is 21.1 Å². The quantitative estimate of drug-likeness (QED) is 0.166. The summed E-state index contributed by atoms with van der Waals surface area (Å²) in [6.07, 6.45) is 14.0. The molecule has 0 amide bonds. The lowest BCUT2D eigenvalue weighted by Crippen LogP contribution is -2.40. The van der Waals surface area contributed by atoms with Crippen molar-refractivity contribution in [2.75, 3.05) is 34.3 Å². The number of allylic oxidation sites excluding steroid dienone is 1. The van der Waals surface area contributed by atoms with Crippen LogP contribution in [0.4, 0.5) is 0 Å². The first-order chi connectivity index (χ1) is 13.0. The molecule has 0 aromatic heterocycles. The fourth-order valence-corrected chi connectivity index (χ4v) is 3.52. The van der Waals surface area contributed by atoms with Gasteiger partial charge in [-0.2, -0.15) is 0 Å². The standard InChI is InChI=1S/C25H50NO2/c1-21(2)12-9-13-22(3)14-10-15-23(4)16-11-17-24(5)18-19-28-25(27)20-26(6,7)8/h18,21-23H,9-17,19-20H2,1-8H3/q+1/b24-18+/t22-,23-/m1/s1. The molecule has 0 unspecified atom stereocenters. The zero-order chi connectivity index (χ0) is 21.6. The molecular weight excluding hydrogens is 346 g/mol. The number of esters is 1. The van der Waals surface area contributed by atoms with Crippen LogP contribution in [0.3, 0.4) is 0 Å². The van der Waals surface area contributed by atoms with Gasteiger partial charge in [-0.25, -0.2) is 4.79 Å². The van der Waals surface area contributed by atoms with Gasteiger partial charge in [-0.05, 0) is 43.6 Å². The van der Waals surface area contributed by atoms with Crippen molar-refractivity contribution in [1.82, 2.24) is 0 Å². The van der Waals surface area contributed by atoms with E-state index in [2.05, 4.69) is 40.7 Å². The van der Waals surface area contributed by atoms with Gasteiger partial charge in [0.15, 0.2) is 6.54 Å². The summed E-state index contributed by atoms with van der Waals surface area (Å²) in [5, 5.41) is 0. The van der Waals surface area contributed by atoms with E-state index in [1.54, 1.807) is 0 Å². The minimum absolute atomic E-state index is 0.122. The minimum Gasteiger partial charge on any atom is -0.457 e. The maximum Gasteiger partial charge on any atom is 0.362 e. The van der Waals surface area contributed by atoms with Crippen LogP contribution < -0.4 is 0 Å². The number of likely N-dealkylation sites (N-methyl/N-ethyl adjacent to an activating group) is 1. The van der Waals surface area contributed by atoms with Crippen LogP contribution in [0.1, 0.15) is 92.4 Å². The van der Waals surface area contributed by atoms with Crippen LogP contribution in [0, 0.1) is 17.8 Å². The summed E-state index contributed by atoms with van der Waals surface area (Å²) in [6, 6.07) is 0. The van der Waals surface area contributed by atoms with Crippen LogP contribution in [0.25, 0.3) is 0 Å². The van der Waals surface area contributed by atoms with Crippen LogP contribution in [-0.2, 0) is 9.53 Å². The van der Waals surface area contributed by atoms with Gasteiger partial charge < -0.3 is 9.22 Å². The van der Waals surface area contributed by atoms with Gasteiger partial charge in [-0.15, -0.1) is 0 Å². The van der Waals surface area contributed by atoms with E-state index in [0.29, 0.717) is 17.6 Å². The number of hydrogen-bond acceptors (Lipinski definition) is 2. The molecule has 0 saturated heterocycles. The van der Waals surface area contributed by atoms with Crippen molar-refractivity contribution in [3.63, 3.8) is 0 Å². The van der Waals surface area contributed by atoms with E-state index in [1.165, 1.54) is 56.9 Å². The normalized spacial score (nSPS) is 15.0. The summed E-state index contributed by atoms with van der Waals surface area (Å²) in [7, 11) is 5.99. The fourth-order valence-electron chi connectivity index (χ4n) is 3.52. The molecule has 0 aliphatic heterocycles. The largest absolute Gasteiger partial charge is 0.457 e. The minimum atomic E-state index is -0.122. The molecule has 0 aromatic rings. The van der Waals surface area contributed by atoms with E-state index in [-0.39, 0.29) is 5.97 Å². The Labute approximate surface area is 176 Å². The number of hydrogen-bond donors (Lipinski definition) is 0. The Kier molecular flexibility index (Phi) is 14.6. The second-order valence-corrected chi connectivity index (χ2v) is 10.5. The van der Waals surface area contributed by atoms with E-state index < -0.39 is 0 Å². The smallest absolute Gasteiger partial charge is 0.362 e. The van der Waals surface area contributed by atoms with Crippen molar-refractivity contribution in [2.45, 2.75) is 92.4 Å². The van der Waals surface area contributed by atoms with E-state index in [4.69, 9.17) is 4.74 Å². The molecule has 0 aromatic carbocycles. The van der Waals surface area contributed by atoms with Crippen molar-refractivity contribution in [2.24, 2.45) is 17.8 Å². The third-order valence-electron chi connectivity index (χ3n) is 5.42. The summed E-state index contributed by atoms with van der Waals surface area (Å²) >= 11 is 0. The van der Waals surface area contributed by atoms with E-state index in [9.17, 15) is 4.79 Å². The van der Waals surface area contributed by atoms with E-state index >= 15 is 0 Å². The summed E-state index contributed by atoms with van der Waals surface area (Å²) in [6.45, 7) is 12.4. The lowest BCUT2D eigenvalue weighted by molar-refractivity contribution is -0.862. The highest BCUT2D eigenvalue weighted by Gasteiger charge is 2.14. The molecule has 0 saturated carbocycles. The maximum atomic E-state index is 11.7. The number of nitrogens with zero attached hydrogens (tertiary/aromatic N) is 1. The lowest BCUT2D eigenvalue weighted by atomic mass is 9.91. The van der Waals surface area contributed by atoms with Crippen LogP contribution in [0.5, 0.6) is 0 Å². The Morgan fingerprint density at radius 1 is 0.857 bits per heavy atom. The average molecular weight is 397 g/mol. The first-order valence-electron chi connectivity index (χ1n) is 11.6. The number of quaternary nitrogens is 1. The Bertz CT molecular complexity index is 434. The van der Waals surface area contributed by atoms with Crippen LogP contribution in [0.15, 0.2) is 11.6 Å². The third kappa shape index (κ3) is 18.5. The molecule has 0 N–H and O–H groups in total. The molecule has 0 heterocycles. The lowest BCUT2D eigenvalue weighted by Gasteiger charge is -2.22. The van der Waals surface area contributed by atoms with Crippen molar-refractivity contribution in [1.29, 1.82) is 0 Å². The van der Waals surface area contributed by atoms with Gasteiger partial charge in [-0.3, -0.25) is 0 Å². The molecule has 3 heteroatoms. The first-order valence-corrected chi connectivity index (χ1v) is 11.6. The molecule has 0 radical (unpaired) electrons. The highest BCUT2D eigenvalue weighted by Crippen LogP contribution is 2.22. The Hall–Kier alpha value is -0.830. The maximum absolute atomic E-state index is 11.7. The molecule has 0 bridgehead atoms. The van der Waals surface area contributed by atoms with Gasteiger partial charge in [0.25, 0.3) is 0 Å². The van der Waals surface area contributed by atoms with Crippen molar-refractivity contribution < 1.29 is 14.0 Å².